The molecule has 0 aromatic carbocycles. The van der Waals surface area contributed by atoms with Gasteiger partial charge in [0.2, 0.25) is 5.89 Å². The molecule has 3 heteroatoms. The minimum atomic E-state index is 0.451. The molecular weight excluding hydrogens is 130 g/mol. The van der Waals surface area contributed by atoms with Crippen molar-refractivity contribution in [1.29, 1.82) is 0 Å². The zero-order valence-corrected chi connectivity index (χ0v) is 6.63. The van der Waals surface area contributed by atoms with Crippen LogP contribution < -0.4 is 0 Å². The highest BCUT2D eigenvalue weighted by Crippen LogP contribution is 1.93. The fourth-order valence-electron chi connectivity index (χ4n) is 0.448. The average Bonchev–Trinajstić information content (AvgIpc) is 2.46. The predicted octanol–water partition coefficient (Wildman–Crippen LogP) is 1.85. The molecule has 0 aliphatic carbocycles. The van der Waals surface area contributed by atoms with Gasteiger partial charge in [-0.3, -0.25) is 0 Å². The maximum atomic E-state index is 4.84. The van der Waals surface area contributed by atoms with Gasteiger partial charge in [-0.05, 0) is 0 Å². The molecule has 10 heavy (non-hydrogen) atoms. The molecule has 0 bridgehead atoms. The van der Waals surface area contributed by atoms with E-state index in [1.165, 1.54) is 6.26 Å². The third-order valence-corrected chi connectivity index (χ3v) is 0.751. The Hall–Kier alpha value is -0.830. The van der Waals surface area contributed by atoms with Crippen molar-refractivity contribution in [1.82, 2.24) is 4.98 Å². The lowest BCUT2D eigenvalue weighted by Crippen LogP contribution is -1.84. The van der Waals surface area contributed by atoms with E-state index in [0.29, 0.717) is 12.5 Å². The van der Waals surface area contributed by atoms with E-state index in [0.717, 1.165) is 0 Å². The summed E-state index contributed by atoms with van der Waals surface area (Å²) in [5.74, 6) is 0.618. The Balaban J connectivity index is 0.000000371. The van der Waals surface area contributed by atoms with E-state index in [1.807, 2.05) is 13.8 Å². The van der Waals surface area contributed by atoms with E-state index >= 15 is 0 Å². The largest absolute Gasteiger partial charge is 0.446 e. The number of rotatable bonds is 2. The SMILES string of the molecule is CC.COCc1ncco1. The number of oxazole rings is 1. The number of hydrogen-bond acceptors (Lipinski definition) is 3. The number of methoxy groups -OCH3 is 1. The molecule has 58 valence electrons. The van der Waals surface area contributed by atoms with Crippen LogP contribution in [0.2, 0.25) is 0 Å². The normalized spacial score (nSPS) is 8.30. The maximum absolute atomic E-state index is 4.84. The van der Waals surface area contributed by atoms with Gasteiger partial charge in [0.05, 0.1) is 6.20 Å². The zero-order valence-electron chi connectivity index (χ0n) is 6.63. The Bertz CT molecular complexity index is 137. The molecule has 0 atom stereocenters. The molecule has 0 saturated heterocycles. The van der Waals surface area contributed by atoms with Gasteiger partial charge in [0, 0.05) is 7.11 Å². The van der Waals surface area contributed by atoms with Crippen molar-refractivity contribution in [3.8, 4) is 0 Å². The van der Waals surface area contributed by atoms with Gasteiger partial charge in [-0.2, -0.15) is 0 Å². The van der Waals surface area contributed by atoms with Crippen molar-refractivity contribution in [3.63, 3.8) is 0 Å². The highest BCUT2D eigenvalue weighted by molar-refractivity contribution is 4.75. The van der Waals surface area contributed by atoms with Gasteiger partial charge in [0.1, 0.15) is 12.9 Å². The fraction of sp³-hybridized carbons (Fsp3) is 0.571. The number of ether oxygens (including phenoxy) is 1. The van der Waals surface area contributed by atoms with E-state index in [2.05, 4.69) is 4.98 Å². The van der Waals surface area contributed by atoms with Crippen LogP contribution in [0.1, 0.15) is 19.7 Å². The van der Waals surface area contributed by atoms with Crippen LogP contribution >= 0.6 is 0 Å². The van der Waals surface area contributed by atoms with Crippen LogP contribution in [0.15, 0.2) is 16.9 Å². The Morgan fingerprint density at radius 2 is 2.30 bits per heavy atom. The first-order valence-electron chi connectivity index (χ1n) is 3.31. The quantitative estimate of drug-likeness (QED) is 0.633. The lowest BCUT2D eigenvalue weighted by molar-refractivity contribution is 0.159. The van der Waals surface area contributed by atoms with E-state index in [4.69, 9.17) is 9.15 Å². The first kappa shape index (κ1) is 9.17. The first-order valence-corrected chi connectivity index (χ1v) is 3.31. The van der Waals surface area contributed by atoms with Crippen LogP contribution in [-0.4, -0.2) is 12.1 Å². The van der Waals surface area contributed by atoms with Crippen molar-refractivity contribution in [2.75, 3.05) is 7.11 Å². The summed E-state index contributed by atoms with van der Waals surface area (Å²) in [6, 6.07) is 0. The van der Waals surface area contributed by atoms with Crippen LogP contribution in [-0.2, 0) is 11.3 Å². The van der Waals surface area contributed by atoms with Crippen molar-refractivity contribution in [3.05, 3.63) is 18.4 Å². The first-order chi connectivity index (χ1) is 4.93. The standard InChI is InChI=1S/C5H7NO2.C2H6/c1-7-4-5-6-2-3-8-5;1-2/h2-3H,4H2,1H3;1-2H3. The van der Waals surface area contributed by atoms with Crippen LogP contribution in [0.5, 0.6) is 0 Å². The summed E-state index contributed by atoms with van der Waals surface area (Å²) in [7, 11) is 1.60. The van der Waals surface area contributed by atoms with Gasteiger partial charge in [-0.15, -0.1) is 0 Å². The Morgan fingerprint density at radius 1 is 1.60 bits per heavy atom. The topological polar surface area (TPSA) is 35.3 Å². The number of nitrogens with zero attached hydrogens (tertiary/aromatic N) is 1. The predicted molar refractivity (Wildman–Crippen MR) is 38.6 cm³/mol. The van der Waals surface area contributed by atoms with Gasteiger partial charge >= 0.3 is 0 Å². The smallest absolute Gasteiger partial charge is 0.219 e. The summed E-state index contributed by atoms with van der Waals surface area (Å²) in [6.45, 7) is 4.45. The van der Waals surface area contributed by atoms with Gasteiger partial charge in [-0.25, -0.2) is 4.98 Å². The molecular formula is C7H13NO2. The molecule has 0 unspecified atom stereocenters. The van der Waals surface area contributed by atoms with Crippen LogP contribution in [0.25, 0.3) is 0 Å². The summed E-state index contributed by atoms with van der Waals surface area (Å²) in [5.41, 5.74) is 0. The Morgan fingerprint density at radius 3 is 2.70 bits per heavy atom. The summed E-state index contributed by atoms with van der Waals surface area (Å²) < 4.78 is 9.57. The average molecular weight is 143 g/mol. The molecule has 0 saturated carbocycles. The molecule has 3 nitrogen and oxygen atoms in total. The monoisotopic (exact) mass is 143 g/mol. The molecule has 0 aliphatic heterocycles. The summed E-state index contributed by atoms with van der Waals surface area (Å²) >= 11 is 0. The molecule has 0 amide bonds. The van der Waals surface area contributed by atoms with E-state index in [-0.39, 0.29) is 0 Å². The van der Waals surface area contributed by atoms with Crippen LogP contribution in [0.4, 0.5) is 0 Å². The second-order valence-electron chi connectivity index (χ2n) is 1.36. The van der Waals surface area contributed by atoms with Crippen LogP contribution in [0, 0.1) is 0 Å². The van der Waals surface area contributed by atoms with Crippen molar-refractivity contribution in [2.24, 2.45) is 0 Å². The van der Waals surface area contributed by atoms with Gasteiger partial charge in [0.25, 0.3) is 0 Å². The summed E-state index contributed by atoms with van der Waals surface area (Å²) in [5, 5.41) is 0. The molecule has 0 fully saturated rings. The molecule has 1 rings (SSSR count). The molecule has 0 N–H and O–H groups in total. The highest BCUT2D eigenvalue weighted by atomic mass is 16.5. The lowest BCUT2D eigenvalue weighted by atomic mass is 10.7. The third-order valence-electron chi connectivity index (χ3n) is 0.751. The van der Waals surface area contributed by atoms with Crippen molar-refractivity contribution < 1.29 is 9.15 Å². The molecule has 1 heterocycles. The summed E-state index contributed by atoms with van der Waals surface area (Å²) in [6.07, 6.45) is 3.11. The Kier molecular flexibility index (Phi) is 5.77. The fourth-order valence-corrected chi connectivity index (χ4v) is 0.448. The van der Waals surface area contributed by atoms with E-state index in [1.54, 1.807) is 13.3 Å². The highest BCUT2D eigenvalue weighted by Gasteiger charge is 1.91. The van der Waals surface area contributed by atoms with Crippen molar-refractivity contribution >= 4 is 0 Å². The number of hydrogen-bond donors (Lipinski definition) is 0. The lowest BCUT2D eigenvalue weighted by Gasteiger charge is -1.87. The third kappa shape index (κ3) is 3.25. The Labute approximate surface area is 61.0 Å². The molecule has 0 aliphatic rings. The van der Waals surface area contributed by atoms with E-state index in [9.17, 15) is 0 Å². The summed E-state index contributed by atoms with van der Waals surface area (Å²) in [4.78, 5) is 3.81. The molecule has 1 aromatic heterocycles. The minimum absolute atomic E-state index is 0.451. The minimum Gasteiger partial charge on any atom is -0.446 e. The second kappa shape index (κ2) is 6.29. The molecule has 1 aromatic rings. The molecule has 0 spiro atoms. The maximum Gasteiger partial charge on any atom is 0.219 e. The molecule has 0 radical (unpaired) electrons. The van der Waals surface area contributed by atoms with Crippen molar-refractivity contribution in [2.45, 2.75) is 20.5 Å². The second-order valence-corrected chi connectivity index (χ2v) is 1.36. The zero-order chi connectivity index (χ0) is 7.82. The van der Waals surface area contributed by atoms with Gasteiger partial charge in [-0.1, -0.05) is 13.8 Å². The number of aromatic nitrogens is 1. The van der Waals surface area contributed by atoms with Crippen LogP contribution in [0.3, 0.4) is 0 Å². The van der Waals surface area contributed by atoms with E-state index < -0.39 is 0 Å². The van der Waals surface area contributed by atoms with Gasteiger partial charge < -0.3 is 9.15 Å². The van der Waals surface area contributed by atoms with Gasteiger partial charge in [0.15, 0.2) is 0 Å².